The maximum atomic E-state index is 13.6. The van der Waals surface area contributed by atoms with Gasteiger partial charge in [0.05, 0.1) is 6.10 Å². The van der Waals surface area contributed by atoms with E-state index < -0.39 is 11.6 Å². The quantitative estimate of drug-likeness (QED) is 0.800. The average Bonchev–Trinajstić information content (AvgIpc) is 2.45. The molecule has 0 radical (unpaired) electrons. The number of nitrogens with one attached hydrogen (secondary N) is 2. The fourth-order valence-electron chi connectivity index (χ4n) is 2.76. The van der Waals surface area contributed by atoms with Crippen molar-refractivity contribution in [2.45, 2.75) is 57.2 Å². The minimum Gasteiger partial charge on any atom is -0.393 e. The number of hydrogen-bond donors (Lipinski definition) is 3. The standard InChI is InChI=1S/C16H22F2N2O2/c1-10(9-13-14(17)3-2-4-15(13)18)19-16(22)20-11-5-7-12(21)8-6-11/h2-4,10-12,21H,5-9H2,1H3,(H2,19,20,22)/t10-,11?,12?/m1/s1. The molecule has 1 saturated carbocycles. The first-order chi connectivity index (χ1) is 10.5. The molecular weight excluding hydrogens is 290 g/mol. The summed E-state index contributed by atoms with van der Waals surface area (Å²) < 4.78 is 27.1. The predicted octanol–water partition coefficient (Wildman–Crippen LogP) is 2.50. The van der Waals surface area contributed by atoms with Gasteiger partial charge in [0.1, 0.15) is 11.6 Å². The molecule has 122 valence electrons. The van der Waals surface area contributed by atoms with Gasteiger partial charge in [-0.25, -0.2) is 13.6 Å². The second kappa shape index (κ2) is 7.54. The Hall–Kier alpha value is -1.69. The Kier molecular flexibility index (Phi) is 5.71. The monoisotopic (exact) mass is 312 g/mol. The summed E-state index contributed by atoms with van der Waals surface area (Å²) in [4.78, 5) is 11.9. The highest BCUT2D eigenvalue weighted by molar-refractivity contribution is 5.74. The second-order valence-corrected chi connectivity index (χ2v) is 5.93. The maximum absolute atomic E-state index is 13.6. The van der Waals surface area contributed by atoms with Crippen molar-refractivity contribution in [3.63, 3.8) is 0 Å². The van der Waals surface area contributed by atoms with Crippen molar-refractivity contribution < 1.29 is 18.7 Å². The maximum Gasteiger partial charge on any atom is 0.315 e. The van der Waals surface area contributed by atoms with Crippen LogP contribution in [0.2, 0.25) is 0 Å². The molecule has 1 aromatic rings. The highest BCUT2D eigenvalue weighted by atomic mass is 19.1. The first-order valence-electron chi connectivity index (χ1n) is 7.63. The third-order valence-corrected chi connectivity index (χ3v) is 3.98. The van der Waals surface area contributed by atoms with Gasteiger partial charge in [-0.1, -0.05) is 6.07 Å². The van der Waals surface area contributed by atoms with Gasteiger partial charge in [0, 0.05) is 17.6 Å². The van der Waals surface area contributed by atoms with E-state index in [1.54, 1.807) is 6.92 Å². The zero-order valence-electron chi connectivity index (χ0n) is 12.6. The Labute approximate surface area is 128 Å². The lowest BCUT2D eigenvalue weighted by molar-refractivity contribution is 0.117. The van der Waals surface area contributed by atoms with Crippen molar-refractivity contribution >= 4 is 6.03 Å². The summed E-state index contributed by atoms with van der Waals surface area (Å²) in [5.74, 6) is -1.20. The Morgan fingerprint density at radius 1 is 1.27 bits per heavy atom. The van der Waals surface area contributed by atoms with Crippen LogP contribution in [0, 0.1) is 11.6 Å². The van der Waals surface area contributed by atoms with E-state index in [9.17, 15) is 18.7 Å². The summed E-state index contributed by atoms with van der Waals surface area (Å²) in [5, 5.41) is 15.0. The number of benzene rings is 1. The van der Waals surface area contributed by atoms with Gasteiger partial charge >= 0.3 is 6.03 Å². The SMILES string of the molecule is C[C@H](Cc1c(F)cccc1F)NC(=O)NC1CCC(O)CC1. The van der Waals surface area contributed by atoms with Crippen molar-refractivity contribution in [2.75, 3.05) is 0 Å². The van der Waals surface area contributed by atoms with Crippen molar-refractivity contribution in [1.29, 1.82) is 0 Å². The molecule has 0 saturated heterocycles. The van der Waals surface area contributed by atoms with E-state index in [0.29, 0.717) is 12.8 Å². The van der Waals surface area contributed by atoms with Crippen molar-refractivity contribution in [3.8, 4) is 0 Å². The molecule has 3 N–H and O–H groups in total. The number of aliphatic hydroxyl groups excluding tert-OH is 1. The highest BCUT2D eigenvalue weighted by Gasteiger charge is 2.21. The minimum absolute atomic E-state index is 0.0175. The molecular formula is C16H22F2N2O2. The zero-order valence-corrected chi connectivity index (χ0v) is 12.6. The first-order valence-corrected chi connectivity index (χ1v) is 7.63. The lowest BCUT2D eigenvalue weighted by Gasteiger charge is -2.27. The minimum atomic E-state index is -0.602. The van der Waals surface area contributed by atoms with Gasteiger partial charge < -0.3 is 15.7 Å². The molecule has 1 aromatic carbocycles. The summed E-state index contributed by atoms with van der Waals surface area (Å²) in [7, 11) is 0. The Balaban J connectivity index is 1.81. The van der Waals surface area contributed by atoms with Gasteiger partial charge in [-0.15, -0.1) is 0 Å². The molecule has 0 heterocycles. The topological polar surface area (TPSA) is 61.4 Å². The molecule has 0 bridgehead atoms. The predicted molar refractivity (Wildman–Crippen MR) is 79.5 cm³/mol. The molecule has 1 aliphatic rings. The number of aliphatic hydroxyl groups is 1. The second-order valence-electron chi connectivity index (χ2n) is 5.93. The molecule has 0 aromatic heterocycles. The molecule has 1 atom stereocenters. The summed E-state index contributed by atoms with van der Waals surface area (Å²) >= 11 is 0. The van der Waals surface area contributed by atoms with Crippen LogP contribution in [0.15, 0.2) is 18.2 Å². The average molecular weight is 312 g/mol. The zero-order chi connectivity index (χ0) is 16.1. The van der Waals surface area contributed by atoms with E-state index in [0.717, 1.165) is 12.8 Å². The van der Waals surface area contributed by atoms with Crippen molar-refractivity contribution in [3.05, 3.63) is 35.4 Å². The third kappa shape index (κ3) is 4.66. The van der Waals surface area contributed by atoms with Gasteiger partial charge in [0.25, 0.3) is 0 Å². The normalized spacial score (nSPS) is 22.9. The number of urea groups is 1. The third-order valence-electron chi connectivity index (χ3n) is 3.98. The van der Waals surface area contributed by atoms with Crippen LogP contribution < -0.4 is 10.6 Å². The molecule has 22 heavy (non-hydrogen) atoms. The van der Waals surface area contributed by atoms with Gasteiger partial charge in [0.15, 0.2) is 0 Å². The number of carbonyl (C=O) groups is 1. The van der Waals surface area contributed by atoms with E-state index >= 15 is 0 Å². The van der Waals surface area contributed by atoms with E-state index in [2.05, 4.69) is 10.6 Å². The Bertz CT molecular complexity index is 497. The Morgan fingerprint density at radius 2 is 1.86 bits per heavy atom. The van der Waals surface area contributed by atoms with Gasteiger partial charge in [0.2, 0.25) is 0 Å². The van der Waals surface area contributed by atoms with Gasteiger partial charge in [-0.3, -0.25) is 0 Å². The molecule has 4 nitrogen and oxygen atoms in total. The van der Waals surface area contributed by atoms with Crippen molar-refractivity contribution in [1.82, 2.24) is 10.6 Å². The van der Waals surface area contributed by atoms with Gasteiger partial charge in [-0.05, 0) is 51.2 Å². The molecule has 6 heteroatoms. The molecule has 1 aliphatic carbocycles. The summed E-state index contributed by atoms with van der Waals surface area (Å²) in [6.45, 7) is 1.70. The number of hydrogen-bond acceptors (Lipinski definition) is 2. The molecule has 0 aliphatic heterocycles. The van der Waals surface area contributed by atoms with Crippen LogP contribution in [0.25, 0.3) is 0 Å². The number of halogens is 2. The molecule has 1 fully saturated rings. The lowest BCUT2D eigenvalue weighted by Crippen LogP contribution is -2.47. The van der Waals surface area contributed by atoms with Crippen LogP contribution in [0.3, 0.4) is 0 Å². The molecule has 2 rings (SSSR count). The lowest BCUT2D eigenvalue weighted by atomic mass is 9.93. The number of rotatable bonds is 4. The smallest absolute Gasteiger partial charge is 0.315 e. The van der Waals surface area contributed by atoms with Crippen LogP contribution in [-0.4, -0.2) is 29.3 Å². The summed E-state index contributed by atoms with van der Waals surface area (Å²) in [6.07, 6.45) is 2.66. The first kappa shape index (κ1) is 16.7. The van der Waals surface area contributed by atoms with Crippen LogP contribution >= 0.6 is 0 Å². The largest absolute Gasteiger partial charge is 0.393 e. The Morgan fingerprint density at radius 3 is 2.45 bits per heavy atom. The van der Waals surface area contributed by atoms with E-state index in [-0.39, 0.29) is 36.2 Å². The number of amides is 2. The van der Waals surface area contributed by atoms with E-state index in [4.69, 9.17) is 0 Å². The van der Waals surface area contributed by atoms with E-state index in [1.807, 2.05) is 0 Å². The molecule has 0 spiro atoms. The fraction of sp³-hybridized carbons (Fsp3) is 0.562. The van der Waals surface area contributed by atoms with E-state index in [1.165, 1.54) is 18.2 Å². The number of carbonyl (C=O) groups excluding carboxylic acids is 1. The van der Waals surface area contributed by atoms with Crippen LogP contribution in [0.4, 0.5) is 13.6 Å². The molecule has 0 unspecified atom stereocenters. The van der Waals surface area contributed by atoms with Crippen LogP contribution in [0.5, 0.6) is 0 Å². The highest BCUT2D eigenvalue weighted by Crippen LogP contribution is 2.18. The molecule has 2 amide bonds. The summed E-state index contributed by atoms with van der Waals surface area (Å²) in [6, 6.07) is 3.04. The fourth-order valence-corrected chi connectivity index (χ4v) is 2.76. The summed E-state index contributed by atoms with van der Waals surface area (Å²) in [5.41, 5.74) is -0.0175. The van der Waals surface area contributed by atoms with Crippen LogP contribution in [-0.2, 0) is 6.42 Å². The van der Waals surface area contributed by atoms with Crippen molar-refractivity contribution in [2.24, 2.45) is 0 Å². The van der Waals surface area contributed by atoms with Crippen LogP contribution in [0.1, 0.15) is 38.2 Å². The van der Waals surface area contributed by atoms with Gasteiger partial charge in [-0.2, -0.15) is 0 Å².